The molecule has 0 aliphatic rings. The molecule has 3 heteroatoms. The van der Waals surface area contributed by atoms with Gasteiger partial charge in [-0.3, -0.25) is 0 Å². The third-order valence-corrected chi connectivity index (χ3v) is 2.00. The van der Waals surface area contributed by atoms with E-state index < -0.39 is 0 Å². The average Bonchev–Trinajstić information content (AvgIpc) is 2.67. The molecule has 2 N–H and O–H groups in total. The Morgan fingerprint density at radius 3 is 2.57 bits per heavy atom. The Balaban J connectivity index is 2.44. The minimum atomic E-state index is -0.287. The maximum Gasteiger partial charge on any atom is 0.137 e. The van der Waals surface area contributed by atoms with E-state index in [0.29, 0.717) is 23.6 Å². The summed E-state index contributed by atoms with van der Waals surface area (Å²) in [6, 6.07) is 9.96. The molecule has 0 amide bonds. The number of halogens is 1. The molecular weight excluding hydrogens is 181 g/mol. The van der Waals surface area contributed by atoms with Crippen LogP contribution in [0.2, 0.25) is 0 Å². The molecule has 0 fully saturated rings. The second-order valence-corrected chi connectivity index (χ2v) is 2.95. The van der Waals surface area contributed by atoms with Crippen molar-refractivity contribution in [2.24, 2.45) is 5.73 Å². The molecule has 2 rings (SSSR count). The van der Waals surface area contributed by atoms with Crippen molar-refractivity contribution >= 4 is 0 Å². The van der Waals surface area contributed by atoms with Crippen LogP contribution < -0.4 is 5.73 Å². The van der Waals surface area contributed by atoms with Gasteiger partial charge in [-0.15, -0.1) is 0 Å². The molecule has 2 aromatic rings. The molecule has 1 aromatic carbocycles. The minimum Gasteiger partial charge on any atom is -0.460 e. The van der Waals surface area contributed by atoms with Gasteiger partial charge in [0.2, 0.25) is 0 Å². The van der Waals surface area contributed by atoms with E-state index >= 15 is 0 Å². The summed E-state index contributed by atoms with van der Waals surface area (Å²) in [6.07, 6.45) is 0. The maximum absolute atomic E-state index is 13.3. The van der Waals surface area contributed by atoms with E-state index in [1.54, 1.807) is 30.3 Å². The summed E-state index contributed by atoms with van der Waals surface area (Å²) in [5, 5.41) is 0. The number of hydrogen-bond acceptors (Lipinski definition) is 2. The molecule has 2 nitrogen and oxygen atoms in total. The normalized spacial score (nSPS) is 10.4. The fraction of sp³-hybridized carbons (Fsp3) is 0.0909. The Kier molecular flexibility index (Phi) is 2.33. The van der Waals surface area contributed by atoms with Crippen LogP contribution in [0.25, 0.3) is 11.3 Å². The predicted molar refractivity (Wildman–Crippen MR) is 52.0 cm³/mol. The van der Waals surface area contributed by atoms with Crippen LogP contribution in [-0.4, -0.2) is 0 Å². The van der Waals surface area contributed by atoms with Crippen molar-refractivity contribution in [3.05, 3.63) is 48.0 Å². The van der Waals surface area contributed by atoms with E-state index in [2.05, 4.69) is 0 Å². The smallest absolute Gasteiger partial charge is 0.137 e. The molecule has 0 saturated heterocycles. The number of furan rings is 1. The van der Waals surface area contributed by atoms with Gasteiger partial charge in [0, 0.05) is 0 Å². The summed E-state index contributed by atoms with van der Waals surface area (Å²) in [6.45, 7) is 0.328. The van der Waals surface area contributed by atoms with Crippen LogP contribution >= 0.6 is 0 Å². The molecule has 0 spiro atoms. The third kappa shape index (κ3) is 1.54. The quantitative estimate of drug-likeness (QED) is 0.792. The van der Waals surface area contributed by atoms with Crippen LogP contribution in [0.5, 0.6) is 0 Å². The monoisotopic (exact) mass is 191 g/mol. The molecule has 0 radical (unpaired) electrons. The van der Waals surface area contributed by atoms with E-state index in [9.17, 15) is 4.39 Å². The molecule has 0 aliphatic heterocycles. The lowest BCUT2D eigenvalue weighted by atomic mass is 10.1. The van der Waals surface area contributed by atoms with Crippen LogP contribution in [0, 0.1) is 5.82 Å². The highest BCUT2D eigenvalue weighted by molar-refractivity contribution is 5.58. The van der Waals surface area contributed by atoms with Gasteiger partial charge < -0.3 is 10.2 Å². The molecule has 0 unspecified atom stereocenters. The van der Waals surface area contributed by atoms with E-state index in [4.69, 9.17) is 10.2 Å². The van der Waals surface area contributed by atoms with Gasteiger partial charge in [0.1, 0.15) is 17.3 Å². The van der Waals surface area contributed by atoms with Gasteiger partial charge in [0.15, 0.2) is 0 Å². The largest absolute Gasteiger partial charge is 0.460 e. The summed E-state index contributed by atoms with van der Waals surface area (Å²) >= 11 is 0. The Morgan fingerprint density at radius 2 is 1.93 bits per heavy atom. The first-order chi connectivity index (χ1) is 6.81. The molecule has 14 heavy (non-hydrogen) atoms. The summed E-state index contributed by atoms with van der Waals surface area (Å²) in [4.78, 5) is 0. The zero-order valence-electron chi connectivity index (χ0n) is 7.53. The van der Waals surface area contributed by atoms with Gasteiger partial charge in [-0.2, -0.15) is 0 Å². The Hall–Kier alpha value is -1.61. The van der Waals surface area contributed by atoms with Crippen LogP contribution in [0.1, 0.15) is 5.76 Å². The fourth-order valence-electron chi connectivity index (χ4n) is 1.29. The van der Waals surface area contributed by atoms with E-state index in [-0.39, 0.29) is 5.82 Å². The number of nitrogens with two attached hydrogens (primary N) is 1. The van der Waals surface area contributed by atoms with E-state index in [1.165, 1.54) is 6.07 Å². The molecule has 0 saturated carbocycles. The lowest BCUT2D eigenvalue weighted by Crippen LogP contribution is -1.92. The van der Waals surface area contributed by atoms with Crippen LogP contribution in [0.15, 0.2) is 40.8 Å². The summed E-state index contributed by atoms with van der Waals surface area (Å²) in [7, 11) is 0. The SMILES string of the molecule is NCc1ccc(-c2ccccc2F)o1. The first kappa shape index (κ1) is 8.97. The van der Waals surface area contributed by atoms with Crippen molar-refractivity contribution in [3.63, 3.8) is 0 Å². The highest BCUT2D eigenvalue weighted by Gasteiger charge is 2.07. The van der Waals surface area contributed by atoms with Gasteiger partial charge in [0.05, 0.1) is 12.1 Å². The lowest BCUT2D eigenvalue weighted by molar-refractivity contribution is 0.520. The third-order valence-electron chi connectivity index (χ3n) is 2.00. The molecule has 72 valence electrons. The van der Waals surface area contributed by atoms with Gasteiger partial charge in [-0.25, -0.2) is 4.39 Å². The number of hydrogen-bond donors (Lipinski definition) is 1. The summed E-state index contributed by atoms with van der Waals surface area (Å²) in [5.41, 5.74) is 5.86. The first-order valence-electron chi connectivity index (χ1n) is 4.35. The topological polar surface area (TPSA) is 39.2 Å². The molecule has 0 atom stereocenters. The zero-order valence-corrected chi connectivity index (χ0v) is 7.53. The highest BCUT2D eigenvalue weighted by Crippen LogP contribution is 2.24. The molecule has 1 heterocycles. The fourth-order valence-corrected chi connectivity index (χ4v) is 1.29. The van der Waals surface area contributed by atoms with Crippen molar-refractivity contribution in [2.45, 2.75) is 6.54 Å². The van der Waals surface area contributed by atoms with Crippen molar-refractivity contribution in [2.75, 3.05) is 0 Å². The first-order valence-corrected chi connectivity index (χ1v) is 4.35. The average molecular weight is 191 g/mol. The van der Waals surface area contributed by atoms with Gasteiger partial charge in [-0.1, -0.05) is 12.1 Å². The highest BCUT2D eigenvalue weighted by atomic mass is 19.1. The molecule has 0 aliphatic carbocycles. The van der Waals surface area contributed by atoms with E-state index in [0.717, 1.165) is 0 Å². The minimum absolute atomic E-state index is 0.287. The van der Waals surface area contributed by atoms with E-state index in [1.807, 2.05) is 0 Å². The predicted octanol–water partition coefficient (Wildman–Crippen LogP) is 2.54. The maximum atomic E-state index is 13.3. The van der Waals surface area contributed by atoms with Crippen LogP contribution in [0.4, 0.5) is 4.39 Å². The van der Waals surface area contributed by atoms with Crippen molar-refractivity contribution in [1.29, 1.82) is 0 Å². The van der Waals surface area contributed by atoms with Gasteiger partial charge >= 0.3 is 0 Å². The van der Waals surface area contributed by atoms with Crippen molar-refractivity contribution < 1.29 is 8.81 Å². The standard InChI is InChI=1S/C11H10FNO/c12-10-4-2-1-3-9(10)11-6-5-8(7-13)14-11/h1-6H,7,13H2. The second-order valence-electron chi connectivity index (χ2n) is 2.95. The Labute approximate surface area is 81.2 Å². The van der Waals surface area contributed by atoms with Gasteiger partial charge in [0.25, 0.3) is 0 Å². The van der Waals surface area contributed by atoms with Gasteiger partial charge in [-0.05, 0) is 24.3 Å². The molecular formula is C11H10FNO. The second kappa shape index (κ2) is 3.64. The lowest BCUT2D eigenvalue weighted by Gasteiger charge is -1.97. The number of benzene rings is 1. The molecule has 0 bridgehead atoms. The van der Waals surface area contributed by atoms with Crippen molar-refractivity contribution in [3.8, 4) is 11.3 Å². The summed E-state index contributed by atoms with van der Waals surface area (Å²) in [5.74, 6) is 0.886. The van der Waals surface area contributed by atoms with Crippen molar-refractivity contribution in [1.82, 2.24) is 0 Å². The van der Waals surface area contributed by atoms with Crippen LogP contribution in [-0.2, 0) is 6.54 Å². The molecule has 1 aromatic heterocycles. The summed E-state index contributed by atoms with van der Waals surface area (Å²) < 4.78 is 18.6. The zero-order chi connectivity index (χ0) is 9.97. The Morgan fingerprint density at radius 1 is 1.14 bits per heavy atom. The number of rotatable bonds is 2. The van der Waals surface area contributed by atoms with Crippen LogP contribution in [0.3, 0.4) is 0 Å². The Bertz CT molecular complexity index is 436.